The van der Waals surface area contributed by atoms with Crippen molar-refractivity contribution < 1.29 is 9.47 Å². The second kappa shape index (κ2) is 6.87. The molecule has 23 heavy (non-hydrogen) atoms. The molecule has 122 valence electrons. The fourth-order valence-corrected chi connectivity index (χ4v) is 3.24. The Morgan fingerprint density at radius 1 is 1.22 bits per heavy atom. The van der Waals surface area contributed by atoms with Crippen LogP contribution in [0.1, 0.15) is 21.1 Å². The summed E-state index contributed by atoms with van der Waals surface area (Å²) in [6.45, 7) is 5.73. The van der Waals surface area contributed by atoms with Crippen molar-refractivity contribution in [3.63, 3.8) is 0 Å². The van der Waals surface area contributed by atoms with E-state index in [2.05, 4.69) is 20.6 Å². The van der Waals surface area contributed by atoms with Crippen LogP contribution >= 0.6 is 11.3 Å². The minimum absolute atomic E-state index is 0.295. The van der Waals surface area contributed by atoms with Crippen LogP contribution in [0.2, 0.25) is 0 Å². The molecule has 7 heteroatoms. The summed E-state index contributed by atoms with van der Waals surface area (Å²) in [5.74, 6) is 2.35. The van der Waals surface area contributed by atoms with Crippen LogP contribution in [0.5, 0.6) is 11.5 Å². The molecule has 1 aliphatic rings. The smallest absolute Gasteiger partial charge is 0.231 e. The molecule has 6 nitrogen and oxygen atoms in total. The summed E-state index contributed by atoms with van der Waals surface area (Å²) in [6.07, 6.45) is 0. The number of aliphatic imine (C=N–C) groups is 1. The van der Waals surface area contributed by atoms with Crippen molar-refractivity contribution in [2.75, 3.05) is 13.8 Å². The predicted molar refractivity (Wildman–Crippen MR) is 91.2 cm³/mol. The van der Waals surface area contributed by atoms with Crippen LogP contribution in [0.3, 0.4) is 0 Å². The van der Waals surface area contributed by atoms with Crippen LogP contribution in [-0.2, 0) is 13.1 Å². The minimum Gasteiger partial charge on any atom is -0.454 e. The molecule has 1 aliphatic heterocycles. The summed E-state index contributed by atoms with van der Waals surface area (Å²) in [4.78, 5) is 9.91. The minimum atomic E-state index is 0.295. The van der Waals surface area contributed by atoms with E-state index in [1.807, 2.05) is 32.0 Å². The molecular weight excluding hydrogens is 312 g/mol. The van der Waals surface area contributed by atoms with Gasteiger partial charge in [0.25, 0.3) is 0 Å². The van der Waals surface area contributed by atoms with Crippen molar-refractivity contribution in [1.82, 2.24) is 15.6 Å². The van der Waals surface area contributed by atoms with Gasteiger partial charge in [0.2, 0.25) is 6.79 Å². The first-order valence-corrected chi connectivity index (χ1v) is 8.23. The third-order valence-electron chi connectivity index (χ3n) is 3.54. The molecule has 0 atom stereocenters. The van der Waals surface area contributed by atoms with Gasteiger partial charge in [-0.3, -0.25) is 4.99 Å². The van der Waals surface area contributed by atoms with Crippen LogP contribution < -0.4 is 20.1 Å². The average molecular weight is 332 g/mol. The maximum Gasteiger partial charge on any atom is 0.231 e. The zero-order valence-corrected chi connectivity index (χ0v) is 14.3. The summed E-state index contributed by atoms with van der Waals surface area (Å²) in [7, 11) is 1.76. The van der Waals surface area contributed by atoms with E-state index in [0.717, 1.165) is 40.3 Å². The number of aromatic nitrogens is 1. The van der Waals surface area contributed by atoms with Gasteiger partial charge in [0.05, 0.1) is 17.2 Å². The first-order chi connectivity index (χ1) is 11.2. The van der Waals surface area contributed by atoms with E-state index in [1.165, 1.54) is 4.88 Å². The van der Waals surface area contributed by atoms with E-state index in [-0.39, 0.29) is 0 Å². The predicted octanol–water partition coefficient (Wildman–Crippen LogP) is 2.35. The van der Waals surface area contributed by atoms with Gasteiger partial charge in [-0.05, 0) is 31.5 Å². The van der Waals surface area contributed by atoms with Gasteiger partial charge in [0.1, 0.15) is 0 Å². The van der Waals surface area contributed by atoms with Crippen molar-refractivity contribution in [2.24, 2.45) is 4.99 Å². The van der Waals surface area contributed by atoms with Crippen LogP contribution in [0.4, 0.5) is 0 Å². The quantitative estimate of drug-likeness (QED) is 0.664. The molecule has 0 saturated carbocycles. The Morgan fingerprint density at radius 3 is 2.74 bits per heavy atom. The number of nitrogens with one attached hydrogen (secondary N) is 2. The number of benzene rings is 1. The van der Waals surface area contributed by atoms with E-state index in [0.29, 0.717) is 13.3 Å². The van der Waals surface area contributed by atoms with Crippen molar-refractivity contribution in [3.8, 4) is 11.5 Å². The lowest BCUT2D eigenvalue weighted by atomic mass is 10.2. The van der Waals surface area contributed by atoms with Gasteiger partial charge < -0.3 is 20.1 Å². The molecule has 0 unspecified atom stereocenters. The molecule has 2 heterocycles. The lowest BCUT2D eigenvalue weighted by Gasteiger charge is -2.11. The number of aryl methyl sites for hydroxylation is 2. The first-order valence-electron chi connectivity index (χ1n) is 7.41. The van der Waals surface area contributed by atoms with Gasteiger partial charge >= 0.3 is 0 Å². The Morgan fingerprint density at radius 2 is 2.00 bits per heavy atom. The second-order valence-electron chi connectivity index (χ2n) is 5.21. The summed E-state index contributed by atoms with van der Waals surface area (Å²) < 4.78 is 10.7. The molecule has 0 radical (unpaired) electrons. The molecule has 0 aliphatic carbocycles. The second-order valence-corrected chi connectivity index (χ2v) is 6.50. The van der Waals surface area contributed by atoms with Crippen molar-refractivity contribution in [2.45, 2.75) is 26.9 Å². The van der Waals surface area contributed by atoms with Crippen LogP contribution in [0, 0.1) is 13.8 Å². The zero-order valence-electron chi connectivity index (χ0n) is 13.5. The number of guanidine groups is 1. The lowest BCUT2D eigenvalue weighted by Crippen LogP contribution is -2.36. The molecule has 0 amide bonds. The van der Waals surface area contributed by atoms with E-state index in [1.54, 1.807) is 18.4 Å². The summed E-state index contributed by atoms with van der Waals surface area (Å²) in [5, 5.41) is 7.70. The number of fused-ring (bicyclic) bond motifs is 1. The molecule has 2 N–H and O–H groups in total. The maximum atomic E-state index is 5.39. The highest BCUT2D eigenvalue weighted by molar-refractivity contribution is 7.11. The fraction of sp³-hybridized carbons (Fsp3) is 0.375. The Labute approximate surface area is 139 Å². The number of thiazole rings is 1. The third-order valence-corrected chi connectivity index (χ3v) is 4.61. The zero-order chi connectivity index (χ0) is 16.2. The Bertz CT molecular complexity index is 727. The molecule has 1 aromatic heterocycles. The van der Waals surface area contributed by atoms with Crippen LogP contribution in [0.25, 0.3) is 0 Å². The van der Waals surface area contributed by atoms with E-state index >= 15 is 0 Å². The molecular formula is C16H20N4O2S. The van der Waals surface area contributed by atoms with Crippen molar-refractivity contribution >= 4 is 17.3 Å². The van der Waals surface area contributed by atoms with Gasteiger partial charge in [-0.15, -0.1) is 11.3 Å². The summed E-state index contributed by atoms with van der Waals surface area (Å²) >= 11 is 1.71. The molecule has 0 spiro atoms. The monoisotopic (exact) mass is 332 g/mol. The SMILES string of the molecule is CN=C(NCc1ccc2c(c1)OCO2)NCc1sc(C)nc1C. The Hall–Kier alpha value is -2.28. The Balaban J connectivity index is 1.54. The molecule has 0 saturated heterocycles. The Kier molecular flexibility index (Phi) is 4.66. The number of nitrogens with zero attached hydrogens (tertiary/aromatic N) is 2. The summed E-state index contributed by atoms with van der Waals surface area (Å²) in [5.41, 5.74) is 2.19. The van der Waals surface area contributed by atoms with Gasteiger partial charge in [-0.25, -0.2) is 4.98 Å². The van der Waals surface area contributed by atoms with Crippen LogP contribution in [-0.4, -0.2) is 24.8 Å². The number of hydrogen-bond donors (Lipinski definition) is 2. The average Bonchev–Trinajstić information content (AvgIpc) is 3.13. The largest absolute Gasteiger partial charge is 0.454 e. The highest BCUT2D eigenvalue weighted by Gasteiger charge is 2.13. The molecule has 0 fully saturated rings. The number of rotatable bonds is 4. The topological polar surface area (TPSA) is 67.8 Å². The maximum absolute atomic E-state index is 5.39. The summed E-state index contributed by atoms with van der Waals surface area (Å²) in [6, 6.07) is 5.93. The van der Waals surface area contributed by atoms with Crippen molar-refractivity contribution in [1.29, 1.82) is 0 Å². The first kappa shape index (κ1) is 15.6. The molecule has 0 bridgehead atoms. The van der Waals surface area contributed by atoms with E-state index < -0.39 is 0 Å². The highest BCUT2D eigenvalue weighted by Crippen LogP contribution is 2.32. The standard InChI is InChI=1S/C16H20N4O2S/c1-10-15(23-11(2)20-10)8-19-16(17-3)18-7-12-4-5-13-14(6-12)22-9-21-13/h4-6H,7-9H2,1-3H3,(H2,17,18,19). The fourth-order valence-electron chi connectivity index (χ4n) is 2.36. The number of ether oxygens (including phenoxy) is 2. The van der Waals surface area contributed by atoms with Crippen molar-refractivity contribution in [3.05, 3.63) is 39.3 Å². The normalized spacial score (nSPS) is 13.3. The number of hydrogen-bond acceptors (Lipinski definition) is 5. The molecule has 1 aromatic carbocycles. The molecule has 3 rings (SSSR count). The lowest BCUT2D eigenvalue weighted by molar-refractivity contribution is 0.174. The molecule has 2 aromatic rings. The highest BCUT2D eigenvalue weighted by atomic mass is 32.1. The van der Waals surface area contributed by atoms with Crippen LogP contribution in [0.15, 0.2) is 23.2 Å². The van der Waals surface area contributed by atoms with Gasteiger partial charge in [0.15, 0.2) is 17.5 Å². The van der Waals surface area contributed by atoms with Gasteiger partial charge in [-0.2, -0.15) is 0 Å². The third kappa shape index (κ3) is 3.73. The van der Waals surface area contributed by atoms with E-state index in [4.69, 9.17) is 9.47 Å². The van der Waals surface area contributed by atoms with Gasteiger partial charge in [0, 0.05) is 18.5 Å². The van der Waals surface area contributed by atoms with E-state index in [9.17, 15) is 0 Å². The van der Waals surface area contributed by atoms with Gasteiger partial charge in [-0.1, -0.05) is 6.07 Å².